The first-order valence-corrected chi connectivity index (χ1v) is 6.04. The molecule has 0 aliphatic carbocycles. The molecule has 2 amide bonds. The van der Waals surface area contributed by atoms with Crippen LogP contribution in [-0.2, 0) is 9.59 Å². The minimum atomic E-state index is -0.323. The van der Waals surface area contributed by atoms with Crippen LogP contribution in [0, 0.1) is 0 Å². The monoisotopic (exact) mass is 272 g/mol. The Kier molecular flexibility index (Phi) is 2.67. The Bertz CT molecular complexity index is 799. The summed E-state index contributed by atoms with van der Waals surface area (Å²) in [4.78, 5) is 40.4. The van der Waals surface area contributed by atoms with E-state index in [0.29, 0.717) is 16.7 Å². The molecule has 3 rings (SSSR count). The van der Waals surface area contributed by atoms with E-state index in [1.165, 1.54) is 13.0 Å². The number of nitrogens with one attached hydrogen (secondary N) is 3. The zero-order chi connectivity index (χ0) is 14.3. The van der Waals surface area contributed by atoms with Crippen LogP contribution >= 0.6 is 0 Å². The number of aromatic amines is 2. The van der Waals surface area contributed by atoms with E-state index in [9.17, 15) is 14.4 Å². The van der Waals surface area contributed by atoms with Crippen molar-refractivity contribution in [3.05, 3.63) is 40.5 Å². The number of nitrogens with zero attached hydrogens (tertiary/aromatic N) is 1. The van der Waals surface area contributed by atoms with Crippen LogP contribution in [0.5, 0.6) is 0 Å². The molecule has 2 heterocycles. The Labute approximate surface area is 113 Å². The highest BCUT2D eigenvalue weighted by molar-refractivity contribution is 6.03. The van der Waals surface area contributed by atoms with E-state index < -0.39 is 0 Å². The highest BCUT2D eigenvalue weighted by Gasteiger charge is 2.24. The van der Waals surface area contributed by atoms with Gasteiger partial charge in [-0.25, -0.2) is 4.79 Å². The number of imide groups is 1. The zero-order valence-electron chi connectivity index (χ0n) is 10.7. The second-order valence-electron chi connectivity index (χ2n) is 4.58. The fourth-order valence-electron chi connectivity index (χ4n) is 2.16. The Morgan fingerprint density at radius 2 is 2.00 bits per heavy atom. The van der Waals surface area contributed by atoms with E-state index >= 15 is 0 Å². The van der Waals surface area contributed by atoms with Crippen molar-refractivity contribution in [2.75, 3.05) is 11.9 Å². The van der Waals surface area contributed by atoms with Gasteiger partial charge in [0.05, 0.1) is 17.6 Å². The number of hydrogen-bond donors (Lipinski definition) is 3. The predicted octanol–water partition coefficient (Wildman–Crippen LogP) is 0.541. The van der Waals surface area contributed by atoms with Gasteiger partial charge in [-0.3, -0.25) is 14.5 Å². The van der Waals surface area contributed by atoms with Crippen molar-refractivity contribution in [3.8, 4) is 0 Å². The van der Waals surface area contributed by atoms with Crippen LogP contribution in [0.4, 0.5) is 5.69 Å². The average Bonchev–Trinajstić information content (AvgIpc) is 2.91. The number of carbonyl (C=O) groups excluding carboxylic acids is 2. The van der Waals surface area contributed by atoms with E-state index in [0.717, 1.165) is 10.6 Å². The number of H-pyrrole nitrogens is 2. The third-order valence-electron chi connectivity index (χ3n) is 3.09. The molecule has 2 aromatic rings. The van der Waals surface area contributed by atoms with Crippen LogP contribution < -0.4 is 11.0 Å². The van der Waals surface area contributed by atoms with Crippen molar-refractivity contribution < 1.29 is 9.59 Å². The molecule has 102 valence electrons. The van der Waals surface area contributed by atoms with Gasteiger partial charge in [0, 0.05) is 24.4 Å². The third kappa shape index (κ3) is 2.09. The summed E-state index contributed by atoms with van der Waals surface area (Å²) in [5.74, 6) is -0.607. The summed E-state index contributed by atoms with van der Waals surface area (Å²) < 4.78 is 0. The SMILES string of the molecule is CC(=O)N1CC(Nc2ccc3[nH]c(=O)[nH]c3c2)=CC1=O. The summed E-state index contributed by atoms with van der Waals surface area (Å²) in [5, 5.41) is 3.07. The quantitative estimate of drug-likeness (QED) is 0.743. The van der Waals surface area contributed by atoms with E-state index in [1.807, 2.05) is 0 Å². The maximum atomic E-state index is 11.6. The molecule has 1 aromatic carbocycles. The highest BCUT2D eigenvalue weighted by atomic mass is 16.2. The fraction of sp³-hybridized carbons (Fsp3) is 0.154. The molecule has 0 atom stereocenters. The lowest BCUT2D eigenvalue weighted by atomic mass is 10.2. The Morgan fingerprint density at radius 1 is 1.25 bits per heavy atom. The molecule has 0 spiro atoms. The molecule has 0 radical (unpaired) electrons. The summed E-state index contributed by atoms with van der Waals surface area (Å²) in [7, 11) is 0. The fourth-order valence-corrected chi connectivity index (χ4v) is 2.16. The van der Waals surface area contributed by atoms with Crippen LogP contribution in [-0.4, -0.2) is 33.2 Å². The molecular weight excluding hydrogens is 260 g/mol. The van der Waals surface area contributed by atoms with Gasteiger partial charge in [-0.05, 0) is 18.2 Å². The van der Waals surface area contributed by atoms with Crippen molar-refractivity contribution in [1.82, 2.24) is 14.9 Å². The molecular formula is C13H12N4O3. The molecule has 7 nitrogen and oxygen atoms in total. The molecule has 7 heteroatoms. The Balaban J connectivity index is 1.83. The van der Waals surface area contributed by atoms with Crippen molar-refractivity contribution in [2.24, 2.45) is 0 Å². The standard InChI is InChI=1S/C13H12N4O3/c1-7(18)17-6-9(5-12(17)19)14-8-2-3-10-11(4-8)16-13(20)15-10/h2-5,14H,6H2,1H3,(H2,15,16,20). The maximum absolute atomic E-state index is 11.6. The second-order valence-corrected chi connectivity index (χ2v) is 4.58. The van der Waals surface area contributed by atoms with Gasteiger partial charge < -0.3 is 15.3 Å². The van der Waals surface area contributed by atoms with E-state index in [4.69, 9.17) is 0 Å². The van der Waals surface area contributed by atoms with Crippen LogP contribution in [0.15, 0.2) is 34.8 Å². The molecule has 0 saturated carbocycles. The number of carbonyl (C=O) groups is 2. The number of benzene rings is 1. The van der Waals surface area contributed by atoms with Gasteiger partial charge in [-0.2, -0.15) is 0 Å². The van der Waals surface area contributed by atoms with Gasteiger partial charge in [-0.15, -0.1) is 0 Å². The Morgan fingerprint density at radius 3 is 2.70 bits per heavy atom. The number of hydrogen-bond acceptors (Lipinski definition) is 4. The number of anilines is 1. The van der Waals surface area contributed by atoms with Gasteiger partial charge in [0.15, 0.2) is 0 Å². The van der Waals surface area contributed by atoms with Crippen molar-refractivity contribution in [3.63, 3.8) is 0 Å². The molecule has 3 N–H and O–H groups in total. The van der Waals surface area contributed by atoms with Crippen LogP contribution in [0.2, 0.25) is 0 Å². The molecule has 20 heavy (non-hydrogen) atoms. The summed E-state index contributed by atoms with van der Waals surface area (Å²) in [6.45, 7) is 1.58. The van der Waals surface area contributed by atoms with Gasteiger partial charge in [-0.1, -0.05) is 0 Å². The smallest absolute Gasteiger partial charge is 0.323 e. The molecule has 1 aromatic heterocycles. The highest BCUT2D eigenvalue weighted by Crippen LogP contribution is 2.19. The van der Waals surface area contributed by atoms with Gasteiger partial charge >= 0.3 is 5.69 Å². The second kappa shape index (κ2) is 4.37. The summed E-state index contributed by atoms with van der Waals surface area (Å²) >= 11 is 0. The number of imidazole rings is 1. The topological polar surface area (TPSA) is 98.1 Å². The number of amides is 2. The maximum Gasteiger partial charge on any atom is 0.323 e. The van der Waals surface area contributed by atoms with E-state index in [2.05, 4.69) is 15.3 Å². The molecule has 1 aliphatic heterocycles. The first-order chi connectivity index (χ1) is 9.52. The lowest BCUT2D eigenvalue weighted by molar-refractivity contribution is -0.138. The van der Waals surface area contributed by atoms with Crippen molar-refractivity contribution >= 4 is 28.5 Å². The van der Waals surface area contributed by atoms with Crippen LogP contribution in [0.25, 0.3) is 11.0 Å². The lowest BCUT2D eigenvalue weighted by Gasteiger charge is -2.12. The average molecular weight is 272 g/mol. The largest absolute Gasteiger partial charge is 0.357 e. The van der Waals surface area contributed by atoms with Gasteiger partial charge in [0.1, 0.15) is 0 Å². The lowest BCUT2D eigenvalue weighted by Crippen LogP contribution is -2.31. The van der Waals surface area contributed by atoms with Crippen molar-refractivity contribution in [1.29, 1.82) is 0 Å². The summed E-state index contributed by atoms with van der Waals surface area (Å²) in [6.07, 6.45) is 1.39. The molecule has 0 bridgehead atoms. The van der Waals surface area contributed by atoms with Gasteiger partial charge in [0.2, 0.25) is 5.91 Å². The molecule has 1 aliphatic rings. The minimum Gasteiger partial charge on any atom is -0.357 e. The van der Waals surface area contributed by atoms with Gasteiger partial charge in [0.25, 0.3) is 5.91 Å². The first-order valence-electron chi connectivity index (χ1n) is 6.04. The Hall–Kier alpha value is -2.83. The third-order valence-corrected chi connectivity index (χ3v) is 3.09. The molecule has 0 fully saturated rings. The number of rotatable bonds is 2. The predicted molar refractivity (Wildman–Crippen MR) is 73.0 cm³/mol. The van der Waals surface area contributed by atoms with Crippen LogP contribution in [0.1, 0.15) is 6.92 Å². The van der Waals surface area contributed by atoms with Crippen LogP contribution in [0.3, 0.4) is 0 Å². The minimum absolute atomic E-state index is 0.232. The van der Waals surface area contributed by atoms with Crippen molar-refractivity contribution in [2.45, 2.75) is 6.92 Å². The van der Waals surface area contributed by atoms with E-state index in [1.54, 1.807) is 18.2 Å². The number of aromatic nitrogens is 2. The molecule has 0 unspecified atom stereocenters. The first kappa shape index (κ1) is 12.2. The normalized spacial score (nSPS) is 14.8. The van der Waals surface area contributed by atoms with E-state index in [-0.39, 0.29) is 24.0 Å². The summed E-state index contributed by atoms with van der Waals surface area (Å²) in [6, 6.07) is 5.30. The number of fused-ring (bicyclic) bond motifs is 1. The zero-order valence-corrected chi connectivity index (χ0v) is 10.7. The summed E-state index contributed by atoms with van der Waals surface area (Å²) in [5.41, 5.74) is 2.49. The molecule has 0 saturated heterocycles.